The molecule has 0 saturated carbocycles. The molecule has 3 saturated heterocycles. The highest BCUT2D eigenvalue weighted by Gasteiger charge is 2.56. The summed E-state index contributed by atoms with van der Waals surface area (Å²) in [5.41, 5.74) is 0. The summed E-state index contributed by atoms with van der Waals surface area (Å²) in [6.07, 6.45) is 5.37. The predicted octanol–water partition coefficient (Wildman–Crippen LogP) is 1.66. The Bertz CT molecular complexity index is 411. The zero-order valence-corrected chi connectivity index (χ0v) is 12.0. The molecular weight excluding hydrogens is 258 g/mol. The maximum Gasteiger partial charge on any atom is 0.310 e. The summed E-state index contributed by atoms with van der Waals surface area (Å²) in [4.78, 5) is 26.3. The van der Waals surface area contributed by atoms with Crippen LogP contribution in [-0.2, 0) is 14.3 Å². The van der Waals surface area contributed by atoms with Gasteiger partial charge in [0.1, 0.15) is 0 Å². The molecule has 3 rings (SSSR count). The average molecular weight is 281 g/mol. The molecule has 3 heterocycles. The lowest BCUT2D eigenvalue weighted by atomic mass is 9.78. The second-order valence-electron chi connectivity index (χ2n) is 6.27. The van der Waals surface area contributed by atoms with Crippen LogP contribution >= 0.6 is 0 Å². The normalized spacial score (nSPS) is 40.0. The summed E-state index contributed by atoms with van der Waals surface area (Å²) in [7, 11) is 0. The number of hydrogen-bond donors (Lipinski definition) is 1. The van der Waals surface area contributed by atoms with E-state index in [4.69, 9.17) is 4.74 Å². The van der Waals surface area contributed by atoms with Crippen LogP contribution in [0.3, 0.4) is 0 Å². The number of carboxylic acids is 1. The number of rotatable bonds is 3. The van der Waals surface area contributed by atoms with Crippen molar-refractivity contribution in [3.8, 4) is 0 Å². The topological polar surface area (TPSA) is 66.8 Å². The van der Waals surface area contributed by atoms with Crippen LogP contribution < -0.4 is 0 Å². The Hall–Kier alpha value is -1.10. The van der Waals surface area contributed by atoms with Crippen molar-refractivity contribution in [2.24, 2.45) is 11.8 Å². The lowest BCUT2D eigenvalue weighted by Gasteiger charge is -2.38. The van der Waals surface area contributed by atoms with Crippen LogP contribution in [0.5, 0.6) is 0 Å². The molecule has 5 atom stereocenters. The van der Waals surface area contributed by atoms with E-state index < -0.39 is 17.8 Å². The zero-order valence-electron chi connectivity index (χ0n) is 12.0. The molecule has 3 aliphatic rings. The molecule has 5 heteroatoms. The second kappa shape index (κ2) is 5.35. The Morgan fingerprint density at radius 2 is 1.85 bits per heavy atom. The van der Waals surface area contributed by atoms with Crippen molar-refractivity contribution >= 4 is 11.9 Å². The number of hydrogen-bond acceptors (Lipinski definition) is 3. The minimum absolute atomic E-state index is 0.0242. The molecule has 1 amide bonds. The van der Waals surface area contributed by atoms with Crippen molar-refractivity contribution < 1.29 is 19.4 Å². The van der Waals surface area contributed by atoms with E-state index in [1.165, 1.54) is 0 Å². The summed E-state index contributed by atoms with van der Waals surface area (Å²) in [6.45, 7) is 2.87. The van der Waals surface area contributed by atoms with E-state index in [0.717, 1.165) is 45.1 Å². The van der Waals surface area contributed by atoms with E-state index in [2.05, 4.69) is 6.92 Å². The minimum atomic E-state index is -0.874. The minimum Gasteiger partial charge on any atom is -0.481 e. The van der Waals surface area contributed by atoms with Gasteiger partial charge in [-0.15, -0.1) is 0 Å². The number of amides is 1. The number of piperidine rings is 1. The maximum atomic E-state index is 12.9. The van der Waals surface area contributed by atoms with E-state index in [-0.39, 0.29) is 24.2 Å². The first kappa shape index (κ1) is 13.9. The summed E-state index contributed by atoms with van der Waals surface area (Å²) in [5, 5.41) is 9.43. The van der Waals surface area contributed by atoms with Crippen molar-refractivity contribution in [3.05, 3.63) is 0 Å². The molecule has 112 valence electrons. The van der Waals surface area contributed by atoms with E-state index in [1.54, 1.807) is 0 Å². The Morgan fingerprint density at radius 1 is 1.15 bits per heavy atom. The Morgan fingerprint density at radius 3 is 2.50 bits per heavy atom. The van der Waals surface area contributed by atoms with Crippen molar-refractivity contribution in [1.82, 2.24) is 4.90 Å². The van der Waals surface area contributed by atoms with Crippen molar-refractivity contribution in [1.29, 1.82) is 0 Å². The van der Waals surface area contributed by atoms with E-state index >= 15 is 0 Å². The second-order valence-corrected chi connectivity index (χ2v) is 6.27. The van der Waals surface area contributed by atoms with Gasteiger partial charge in [0.2, 0.25) is 5.91 Å². The van der Waals surface area contributed by atoms with Gasteiger partial charge in [0, 0.05) is 12.6 Å². The zero-order chi connectivity index (χ0) is 14.3. The third kappa shape index (κ3) is 2.12. The summed E-state index contributed by atoms with van der Waals surface area (Å²) in [5.74, 6) is -1.95. The molecule has 3 fully saturated rings. The molecule has 0 radical (unpaired) electrons. The van der Waals surface area contributed by atoms with Crippen molar-refractivity contribution in [2.75, 3.05) is 6.54 Å². The maximum absolute atomic E-state index is 12.9. The number of carbonyl (C=O) groups is 2. The van der Waals surface area contributed by atoms with Crippen LogP contribution in [0.1, 0.15) is 45.4 Å². The Kier molecular flexibility index (Phi) is 3.71. The fourth-order valence-electron chi connectivity index (χ4n) is 4.21. The van der Waals surface area contributed by atoms with Gasteiger partial charge in [-0.25, -0.2) is 0 Å². The summed E-state index contributed by atoms with van der Waals surface area (Å²) < 4.78 is 5.71. The highest BCUT2D eigenvalue weighted by atomic mass is 16.5. The monoisotopic (exact) mass is 281 g/mol. The van der Waals surface area contributed by atoms with Gasteiger partial charge in [-0.2, -0.15) is 0 Å². The van der Waals surface area contributed by atoms with Gasteiger partial charge in [-0.3, -0.25) is 9.59 Å². The molecule has 0 aliphatic carbocycles. The largest absolute Gasteiger partial charge is 0.481 e. The number of nitrogens with zero attached hydrogens (tertiary/aromatic N) is 1. The van der Waals surface area contributed by atoms with Crippen LogP contribution in [0, 0.1) is 11.8 Å². The number of carbonyl (C=O) groups excluding carboxylic acids is 1. The highest BCUT2D eigenvalue weighted by molar-refractivity contribution is 5.87. The first-order valence-electron chi connectivity index (χ1n) is 7.82. The van der Waals surface area contributed by atoms with E-state index in [1.807, 2.05) is 4.90 Å². The molecule has 1 N–H and O–H groups in total. The number of ether oxygens (including phenoxy) is 1. The molecular formula is C15H23NO4. The molecule has 0 aromatic carbocycles. The van der Waals surface area contributed by atoms with Gasteiger partial charge in [-0.1, -0.05) is 6.92 Å². The third-order valence-electron chi connectivity index (χ3n) is 5.23. The van der Waals surface area contributed by atoms with Crippen LogP contribution in [0.15, 0.2) is 0 Å². The molecule has 0 aromatic rings. The molecule has 5 nitrogen and oxygen atoms in total. The van der Waals surface area contributed by atoms with Crippen molar-refractivity contribution in [3.63, 3.8) is 0 Å². The summed E-state index contributed by atoms with van der Waals surface area (Å²) in [6, 6.07) is 0.282. The number of carboxylic acid groups (broad SMARTS) is 1. The number of aliphatic carboxylic acids is 1. The molecule has 2 bridgehead atoms. The molecule has 3 aliphatic heterocycles. The molecule has 0 spiro atoms. The Labute approximate surface area is 119 Å². The standard InChI is InChI=1S/C15H23NO4/c1-2-9-5-3-4-8-16(9)14(17)12-10-6-7-11(20-10)13(12)15(18)19/h9-13H,2-8H2,1H3,(H,18,19)/t9-,10-,11-,12-,13-/m0/s1. The fraction of sp³-hybridized carbons (Fsp3) is 0.867. The predicted molar refractivity (Wildman–Crippen MR) is 72.2 cm³/mol. The van der Waals surface area contributed by atoms with Gasteiger partial charge in [0.25, 0.3) is 0 Å². The van der Waals surface area contributed by atoms with Crippen molar-refractivity contribution in [2.45, 2.75) is 63.7 Å². The van der Waals surface area contributed by atoms with Crippen LogP contribution in [0.2, 0.25) is 0 Å². The highest BCUT2D eigenvalue weighted by Crippen LogP contribution is 2.45. The van der Waals surface area contributed by atoms with E-state index in [9.17, 15) is 14.7 Å². The molecule has 0 unspecified atom stereocenters. The van der Waals surface area contributed by atoms with E-state index in [0.29, 0.717) is 0 Å². The van der Waals surface area contributed by atoms with Gasteiger partial charge in [0.05, 0.1) is 24.0 Å². The lowest BCUT2D eigenvalue weighted by Crippen LogP contribution is -2.51. The number of likely N-dealkylation sites (tertiary alicyclic amines) is 1. The quantitative estimate of drug-likeness (QED) is 0.854. The lowest BCUT2D eigenvalue weighted by molar-refractivity contribution is -0.152. The van der Waals surface area contributed by atoms with Gasteiger partial charge >= 0.3 is 5.97 Å². The van der Waals surface area contributed by atoms with Gasteiger partial charge in [-0.05, 0) is 38.5 Å². The molecule has 20 heavy (non-hydrogen) atoms. The first-order valence-corrected chi connectivity index (χ1v) is 7.82. The number of fused-ring (bicyclic) bond motifs is 2. The van der Waals surface area contributed by atoms with Crippen LogP contribution in [0.4, 0.5) is 0 Å². The smallest absolute Gasteiger partial charge is 0.310 e. The summed E-state index contributed by atoms with van der Waals surface area (Å²) >= 11 is 0. The van der Waals surface area contributed by atoms with Crippen LogP contribution in [-0.4, -0.2) is 46.7 Å². The molecule has 0 aromatic heterocycles. The Balaban J connectivity index is 1.80. The fourth-order valence-corrected chi connectivity index (χ4v) is 4.21. The average Bonchev–Trinajstić information content (AvgIpc) is 3.06. The SMILES string of the molecule is CC[C@H]1CCCCN1C(=O)[C@@H]1[C@@H](C(=O)O)[C@@H]2CC[C@@H]1O2. The first-order chi connectivity index (χ1) is 9.63. The van der Waals surface area contributed by atoms with Gasteiger partial charge < -0.3 is 14.7 Å². The van der Waals surface area contributed by atoms with Crippen LogP contribution in [0.25, 0.3) is 0 Å². The van der Waals surface area contributed by atoms with Gasteiger partial charge in [0.15, 0.2) is 0 Å². The third-order valence-corrected chi connectivity index (χ3v) is 5.23.